The van der Waals surface area contributed by atoms with Crippen LogP contribution in [0, 0.1) is 11.3 Å². The van der Waals surface area contributed by atoms with Crippen molar-refractivity contribution >= 4 is 27.3 Å². The van der Waals surface area contributed by atoms with Gasteiger partial charge < -0.3 is 10.2 Å². The third-order valence-corrected chi connectivity index (χ3v) is 5.00. The molecule has 2 N–H and O–H groups in total. The Kier molecular flexibility index (Phi) is 3.79. The second kappa shape index (κ2) is 5.36. The summed E-state index contributed by atoms with van der Waals surface area (Å²) in [6.07, 6.45) is 1.14. The van der Waals surface area contributed by atoms with Crippen LogP contribution in [0.2, 0.25) is 0 Å². The quantitative estimate of drug-likeness (QED) is 0.670. The molecule has 0 spiro atoms. The fraction of sp³-hybridized carbons (Fsp3) is 0. The minimum atomic E-state index is -3.86. The maximum atomic E-state index is 12.2. The molecule has 0 aliphatic carbocycles. The van der Waals surface area contributed by atoms with E-state index in [0.29, 0.717) is 5.56 Å². The number of thiophene rings is 1. The van der Waals surface area contributed by atoms with Gasteiger partial charge in [0.2, 0.25) is 9.84 Å². The van der Waals surface area contributed by atoms with Crippen LogP contribution in [0.5, 0.6) is 11.5 Å². The first-order valence-corrected chi connectivity index (χ1v) is 7.79. The summed E-state index contributed by atoms with van der Waals surface area (Å²) < 4.78 is 24.4. The Balaban J connectivity index is 2.50. The van der Waals surface area contributed by atoms with Crippen molar-refractivity contribution < 1.29 is 18.6 Å². The lowest BCUT2D eigenvalue weighted by Gasteiger charge is -2.02. The summed E-state index contributed by atoms with van der Waals surface area (Å²) in [6.45, 7) is 0. The second-order valence-corrected chi connectivity index (χ2v) is 6.53. The molecule has 0 saturated carbocycles. The first kappa shape index (κ1) is 14.1. The highest BCUT2D eigenvalue weighted by Gasteiger charge is 2.21. The zero-order valence-corrected chi connectivity index (χ0v) is 11.6. The molecule has 0 saturated heterocycles. The molecular weight excluding hydrogens is 298 g/mol. The third kappa shape index (κ3) is 2.66. The zero-order chi connectivity index (χ0) is 14.8. The number of phenols is 2. The van der Waals surface area contributed by atoms with E-state index in [1.54, 1.807) is 11.4 Å². The number of phenolic OH excluding ortho intramolecular Hbond substituents is 2. The maximum absolute atomic E-state index is 12.2. The smallest absolute Gasteiger partial charge is 0.217 e. The summed E-state index contributed by atoms with van der Waals surface area (Å²) in [5.74, 6) is -0.703. The Bertz CT molecular complexity index is 799. The summed E-state index contributed by atoms with van der Waals surface area (Å²) >= 11 is 1.22. The summed E-state index contributed by atoms with van der Waals surface area (Å²) in [7, 11) is -3.86. The van der Waals surface area contributed by atoms with E-state index in [1.165, 1.54) is 41.0 Å². The van der Waals surface area contributed by atoms with E-state index in [4.69, 9.17) is 5.26 Å². The molecular formula is C13H9NO4S2. The van der Waals surface area contributed by atoms with Gasteiger partial charge in [0.05, 0.1) is 4.90 Å². The molecule has 2 rings (SSSR count). The summed E-state index contributed by atoms with van der Waals surface area (Å²) in [5.41, 5.74) is 0.302. The van der Waals surface area contributed by atoms with Crippen LogP contribution in [0.4, 0.5) is 0 Å². The van der Waals surface area contributed by atoms with E-state index < -0.39 is 14.7 Å². The Labute approximate surface area is 119 Å². The molecule has 102 valence electrons. The number of rotatable bonds is 3. The van der Waals surface area contributed by atoms with Crippen LogP contribution in [0.1, 0.15) is 5.56 Å². The van der Waals surface area contributed by atoms with Crippen molar-refractivity contribution in [2.24, 2.45) is 0 Å². The van der Waals surface area contributed by atoms with Crippen LogP contribution in [0.25, 0.3) is 6.08 Å². The fourth-order valence-corrected chi connectivity index (χ4v) is 3.67. The molecule has 0 radical (unpaired) electrons. The molecule has 0 amide bonds. The Morgan fingerprint density at radius 2 is 2.00 bits per heavy atom. The first-order chi connectivity index (χ1) is 9.45. The van der Waals surface area contributed by atoms with Gasteiger partial charge in [-0.25, -0.2) is 8.42 Å². The van der Waals surface area contributed by atoms with Crippen molar-refractivity contribution in [3.63, 3.8) is 0 Å². The molecule has 0 unspecified atom stereocenters. The van der Waals surface area contributed by atoms with Crippen LogP contribution in [-0.4, -0.2) is 18.6 Å². The van der Waals surface area contributed by atoms with Crippen molar-refractivity contribution in [2.45, 2.75) is 4.90 Å². The molecule has 0 fully saturated rings. The number of nitriles is 1. The Morgan fingerprint density at radius 3 is 2.55 bits per heavy atom. The molecule has 7 heteroatoms. The van der Waals surface area contributed by atoms with Gasteiger partial charge in [0.1, 0.15) is 11.0 Å². The van der Waals surface area contributed by atoms with Gasteiger partial charge in [0.25, 0.3) is 0 Å². The van der Waals surface area contributed by atoms with E-state index in [1.807, 2.05) is 0 Å². The monoisotopic (exact) mass is 307 g/mol. The topological polar surface area (TPSA) is 98.4 Å². The van der Waals surface area contributed by atoms with Crippen LogP contribution < -0.4 is 0 Å². The number of hydrogen-bond donors (Lipinski definition) is 2. The van der Waals surface area contributed by atoms with Gasteiger partial charge in [-0.3, -0.25) is 0 Å². The van der Waals surface area contributed by atoms with Crippen LogP contribution in [0.15, 0.2) is 44.8 Å². The molecule has 20 heavy (non-hydrogen) atoms. The molecule has 1 aromatic heterocycles. The standard InChI is InChI=1S/C13H9NO4S2/c14-7-11(20(17,18)10-3-4-19-8-10)5-9-1-2-12(15)13(16)6-9/h1-6,8,15-16H. The average Bonchev–Trinajstić information content (AvgIpc) is 2.94. The van der Waals surface area contributed by atoms with Gasteiger partial charge in [0, 0.05) is 5.38 Å². The Morgan fingerprint density at radius 1 is 1.25 bits per heavy atom. The van der Waals surface area contributed by atoms with Crippen LogP contribution >= 0.6 is 11.3 Å². The molecule has 0 aliphatic rings. The third-order valence-electron chi connectivity index (χ3n) is 2.50. The molecule has 1 aromatic carbocycles. The lowest BCUT2D eigenvalue weighted by atomic mass is 10.2. The highest BCUT2D eigenvalue weighted by molar-refractivity contribution is 7.95. The fourth-order valence-electron chi connectivity index (χ4n) is 1.48. The van der Waals surface area contributed by atoms with E-state index in [9.17, 15) is 18.6 Å². The van der Waals surface area contributed by atoms with E-state index >= 15 is 0 Å². The molecule has 5 nitrogen and oxygen atoms in total. The SMILES string of the molecule is N#CC(=Cc1ccc(O)c(O)c1)S(=O)(=O)c1ccsc1. The summed E-state index contributed by atoms with van der Waals surface area (Å²) in [5, 5.41) is 30.6. The maximum Gasteiger partial charge on any atom is 0.217 e. The molecule has 0 aliphatic heterocycles. The zero-order valence-electron chi connectivity index (χ0n) is 10.0. The van der Waals surface area contributed by atoms with Gasteiger partial charge in [0.15, 0.2) is 11.5 Å². The summed E-state index contributed by atoms with van der Waals surface area (Å²) in [6, 6.07) is 6.85. The van der Waals surface area contributed by atoms with Gasteiger partial charge in [-0.2, -0.15) is 16.6 Å². The van der Waals surface area contributed by atoms with Gasteiger partial charge in [-0.05, 0) is 35.2 Å². The lowest BCUT2D eigenvalue weighted by molar-refractivity contribution is 0.403. The van der Waals surface area contributed by atoms with Crippen molar-refractivity contribution in [1.29, 1.82) is 5.26 Å². The number of allylic oxidation sites excluding steroid dienone is 1. The highest BCUT2D eigenvalue weighted by Crippen LogP contribution is 2.28. The van der Waals surface area contributed by atoms with E-state index in [0.717, 1.165) is 6.08 Å². The van der Waals surface area contributed by atoms with Gasteiger partial charge >= 0.3 is 0 Å². The van der Waals surface area contributed by atoms with Crippen molar-refractivity contribution in [3.8, 4) is 17.6 Å². The van der Waals surface area contributed by atoms with Gasteiger partial charge in [-0.1, -0.05) is 6.07 Å². The van der Waals surface area contributed by atoms with Crippen molar-refractivity contribution in [1.82, 2.24) is 0 Å². The molecule has 0 atom stereocenters. The number of nitrogens with zero attached hydrogens (tertiary/aromatic N) is 1. The molecule has 0 bridgehead atoms. The largest absolute Gasteiger partial charge is 0.504 e. The minimum Gasteiger partial charge on any atom is -0.504 e. The molecule has 2 aromatic rings. The predicted octanol–water partition coefficient (Wildman–Crippen LogP) is 2.50. The Hall–Kier alpha value is -2.30. The number of sulfone groups is 1. The second-order valence-electron chi connectivity index (χ2n) is 3.83. The van der Waals surface area contributed by atoms with Crippen LogP contribution in [0.3, 0.4) is 0 Å². The normalized spacial score (nSPS) is 12.1. The number of hydrogen-bond acceptors (Lipinski definition) is 6. The van der Waals surface area contributed by atoms with E-state index in [-0.39, 0.29) is 16.4 Å². The van der Waals surface area contributed by atoms with Gasteiger partial charge in [-0.15, -0.1) is 0 Å². The first-order valence-electron chi connectivity index (χ1n) is 5.36. The highest BCUT2D eigenvalue weighted by atomic mass is 32.2. The predicted molar refractivity (Wildman–Crippen MR) is 74.9 cm³/mol. The van der Waals surface area contributed by atoms with Crippen LogP contribution in [-0.2, 0) is 9.84 Å². The number of benzene rings is 1. The van der Waals surface area contributed by atoms with E-state index in [2.05, 4.69) is 0 Å². The average molecular weight is 307 g/mol. The number of aromatic hydroxyl groups is 2. The molecule has 1 heterocycles. The summed E-state index contributed by atoms with van der Waals surface area (Å²) in [4.78, 5) is -0.376. The van der Waals surface area contributed by atoms with Crippen molar-refractivity contribution in [2.75, 3.05) is 0 Å². The van der Waals surface area contributed by atoms with Crippen molar-refractivity contribution in [3.05, 3.63) is 45.5 Å². The minimum absolute atomic E-state index is 0.0540. The lowest BCUT2D eigenvalue weighted by Crippen LogP contribution is -2.01.